The van der Waals surface area contributed by atoms with E-state index >= 15 is 0 Å². The fourth-order valence-corrected chi connectivity index (χ4v) is 4.14. The monoisotopic (exact) mass is 431 g/mol. The van der Waals surface area contributed by atoms with E-state index in [1.807, 2.05) is 67.7 Å². The van der Waals surface area contributed by atoms with Crippen LogP contribution >= 0.6 is 0 Å². The molecule has 0 saturated carbocycles. The predicted octanol–water partition coefficient (Wildman–Crippen LogP) is 3.77. The summed E-state index contributed by atoms with van der Waals surface area (Å²) in [4.78, 5) is 19.2. The average Bonchev–Trinajstić information content (AvgIpc) is 2.98. The van der Waals surface area contributed by atoms with Crippen molar-refractivity contribution < 1.29 is 14.3 Å². The molecular weight excluding hydrogens is 402 g/mol. The van der Waals surface area contributed by atoms with Gasteiger partial charge in [0.2, 0.25) is 5.91 Å². The van der Waals surface area contributed by atoms with E-state index < -0.39 is 0 Å². The van der Waals surface area contributed by atoms with Gasteiger partial charge < -0.3 is 14.8 Å². The molecule has 32 heavy (non-hydrogen) atoms. The van der Waals surface area contributed by atoms with Crippen molar-refractivity contribution in [2.45, 2.75) is 32.0 Å². The number of hydrogen-bond acceptors (Lipinski definition) is 5. The molecule has 1 aliphatic heterocycles. The third kappa shape index (κ3) is 5.45. The van der Waals surface area contributed by atoms with Gasteiger partial charge in [0, 0.05) is 42.7 Å². The number of rotatable bonds is 7. The molecule has 0 fully saturated rings. The number of nitrogens with zero attached hydrogens (tertiary/aromatic N) is 2. The number of carbonyl (C=O) groups is 1. The number of fused-ring (bicyclic) bond motifs is 1. The number of nitrogens with one attached hydrogen (secondary N) is 1. The number of aromatic nitrogens is 1. The number of pyridine rings is 1. The van der Waals surface area contributed by atoms with Crippen LogP contribution in [-0.4, -0.2) is 42.0 Å². The molecule has 2 aromatic carbocycles. The van der Waals surface area contributed by atoms with Crippen molar-refractivity contribution in [1.29, 1.82) is 0 Å². The van der Waals surface area contributed by atoms with Crippen LogP contribution < -0.4 is 14.8 Å². The lowest BCUT2D eigenvalue weighted by Crippen LogP contribution is -2.42. The Morgan fingerprint density at radius 2 is 2.00 bits per heavy atom. The fourth-order valence-electron chi connectivity index (χ4n) is 4.14. The van der Waals surface area contributed by atoms with Crippen LogP contribution in [0.25, 0.3) is 0 Å². The molecule has 1 amide bonds. The minimum absolute atomic E-state index is 0.000418. The molecule has 0 radical (unpaired) electrons. The summed E-state index contributed by atoms with van der Waals surface area (Å²) < 4.78 is 12.0. The maximum atomic E-state index is 12.9. The molecule has 1 aliphatic rings. The first kappa shape index (κ1) is 21.8. The van der Waals surface area contributed by atoms with Gasteiger partial charge in [0.05, 0.1) is 13.7 Å². The molecular formula is C26H29N3O3. The van der Waals surface area contributed by atoms with Crippen molar-refractivity contribution in [3.8, 4) is 11.5 Å². The first-order valence-corrected chi connectivity index (χ1v) is 10.9. The molecule has 1 N–H and O–H groups in total. The van der Waals surface area contributed by atoms with E-state index in [0.717, 1.165) is 34.6 Å². The smallest absolute Gasteiger partial charge is 0.234 e. The van der Waals surface area contributed by atoms with E-state index in [2.05, 4.69) is 21.3 Å². The summed E-state index contributed by atoms with van der Waals surface area (Å²) in [7, 11) is 1.67. The molecule has 0 aliphatic carbocycles. The van der Waals surface area contributed by atoms with Crippen molar-refractivity contribution in [1.82, 2.24) is 15.2 Å². The fraction of sp³-hybridized carbons (Fsp3) is 0.308. The molecule has 6 heteroatoms. The van der Waals surface area contributed by atoms with Crippen molar-refractivity contribution in [3.05, 3.63) is 89.7 Å². The third-order valence-corrected chi connectivity index (χ3v) is 5.58. The minimum Gasteiger partial charge on any atom is -0.496 e. The van der Waals surface area contributed by atoms with Crippen molar-refractivity contribution in [3.63, 3.8) is 0 Å². The lowest BCUT2D eigenvalue weighted by atomic mass is 10.1. The maximum absolute atomic E-state index is 12.9. The Morgan fingerprint density at radius 1 is 1.19 bits per heavy atom. The second kappa shape index (κ2) is 10.3. The van der Waals surface area contributed by atoms with Crippen LogP contribution in [0.4, 0.5) is 0 Å². The SMILES string of the molecule is COc1ccccc1[C@H]1CN(CC(=O)N[C@@H](C)Cc2cccnc2)Cc2ccccc2O1. The average molecular weight is 432 g/mol. The number of para-hydroxylation sites is 2. The number of methoxy groups -OCH3 is 1. The normalized spacial score (nSPS) is 16.9. The zero-order chi connectivity index (χ0) is 22.3. The molecule has 0 saturated heterocycles. The molecule has 2 heterocycles. The molecule has 0 bridgehead atoms. The Bertz CT molecular complexity index is 1040. The first-order valence-electron chi connectivity index (χ1n) is 10.9. The minimum atomic E-state index is -0.240. The van der Waals surface area contributed by atoms with E-state index in [1.165, 1.54) is 0 Å². The largest absolute Gasteiger partial charge is 0.496 e. The molecule has 3 aromatic rings. The molecule has 6 nitrogen and oxygen atoms in total. The molecule has 0 spiro atoms. The second-order valence-corrected chi connectivity index (χ2v) is 8.16. The number of amides is 1. The summed E-state index contributed by atoms with van der Waals surface area (Å²) in [5, 5.41) is 3.12. The highest BCUT2D eigenvalue weighted by Crippen LogP contribution is 2.34. The van der Waals surface area contributed by atoms with Crippen LogP contribution in [0.3, 0.4) is 0 Å². The van der Waals surface area contributed by atoms with Gasteiger partial charge >= 0.3 is 0 Å². The van der Waals surface area contributed by atoms with E-state index in [1.54, 1.807) is 13.3 Å². The van der Waals surface area contributed by atoms with Crippen LogP contribution in [-0.2, 0) is 17.8 Å². The van der Waals surface area contributed by atoms with Gasteiger partial charge in [-0.25, -0.2) is 0 Å². The molecule has 4 rings (SSSR count). The van der Waals surface area contributed by atoms with Crippen molar-refractivity contribution in [2.75, 3.05) is 20.2 Å². The van der Waals surface area contributed by atoms with Gasteiger partial charge in [-0.1, -0.05) is 42.5 Å². The van der Waals surface area contributed by atoms with Crippen molar-refractivity contribution >= 4 is 5.91 Å². The predicted molar refractivity (Wildman–Crippen MR) is 124 cm³/mol. The van der Waals surface area contributed by atoms with Crippen LogP contribution in [0.15, 0.2) is 73.1 Å². The van der Waals surface area contributed by atoms with E-state index in [4.69, 9.17) is 9.47 Å². The van der Waals surface area contributed by atoms with Gasteiger partial charge in [0.1, 0.15) is 17.6 Å². The zero-order valence-electron chi connectivity index (χ0n) is 18.5. The van der Waals surface area contributed by atoms with Gasteiger partial charge in [-0.3, -0.25) is 14.7 Å². The standard InChI is InChI=1S/C26H29N3O3/c1-19(14-20-8-7-13-27-15-20)28-26(30)18-29-16-21-9-3-5-11-23(21)32-25(17-29)22-10-4-6-12-24(22)31-2/h3-13,15,19,25H,14,16-18H2,1-2H3,(H,28,30)/t19-,25+/m0/s1. The van der Waals surface area contributed by atoms with Crippen LogP contribution in [0, 0.1) is 0 Å². The lowest BCUT2D eigenvalue weighted by molar-refractivity contribution is -0.123. The zero-order valence-corrected chi connectivity index (χ0v) is 18.5. The van der Waals surface area contributed by atoms with Gasteiger partial charge in [-0.15, -0.1) is 0 Å². The maximum Gasteiger partial charge on any atom is 0.234 e. The third-order valence-electron chi connectivity index (χ3n) is 5.58. The van der Waals surface area contributed by atoms with Crippen LogP contribution in [0.2, 0.25) is 0 Å². The Labute approximate surface area is 189 Å². The summed E-state index contributed by atoms with van der Waals surface area (Å²) in [5.74, 6) is 1.63. The quantitative estimate of drug-likeness (QED) is 0.617. The number of benzene rings is 2. The number of ether oxygens (including phenoxy) is 2. The van der Waals surface area contributed by atoms with Crippen LogP contribution in [0.5, 0.6) is 11.5 Å². The summed E-state index contributed by atoms with van der Waals surface area (Å²) in [6, 6.07) is 19.9. The van der Waals surface area contributed by atoms with E-state index in [-0.39, 0.29) is 18.1 Å². The highest BCUT2D eigenvalue weighted by molar-refractivity contribution is 5.78. The molecule has 0 unspecified atom stereocenters. The van der Waals surface area contributed by atoms with Gasteiger partial charge in [0.25, 0.3) is 0 Å². The van der Waals surface area contributed by atoms with Crippen molar-refractivity contribution in [2.24, 2.45) is 0 Å². The summed E-state index contributed by atoms with van der Waals surface area (Å²) in [5.41, 5.74) is 3.15. The Kier molecular flexibility index (Phi) is 7.02. The molecule has 166 valence electrons. The highest BCUT2D eigenvalue weighted by atomic mass is 16.5. The van der Waals surface area contributed by atoms with Gasteiger partial charge in [0.15, 0.2) is 0 Å². The molecule has 2 atom stereocenters. The number of carbonyl (C=O) groups excluding carboxylic acids is 1. The van der Waals surface area contributed by atoms with Gasteiger partial charge in [-0.05, 0) is 37.1 Å². The summed E-state index contributed by atoms with van der Waals surface area (Å²) in [6.45, 7) is 3.54. The van der Waals surface area contributed by atoms with E-state index in [9.17, 15) is 4.79 Å². The number of hydrogen-bond donors (Lipinski definition) is 1. The first-order chi connectivity index (χ1) is 15.6. The van der Waals surface area contributed by atoms with Crippen LogP contribution in [0.1, 0.15) is 29.7 Å². The lowest BCUT2D eigenvalue weighted by Gasteiger charge is -2.25. The second-order valence-electron chi connectivity index (χ2n) is 8.16. The molecule has 1 aromatic heterocycles. The van der Waals surface area contributed by atoms with E-state index in [0.29, 0.717) is 19.6 Å². The summed E-state index contributed by atoms with van der Waals surface area (Å²) in [6.07, 6.45) is 4.10. The Hall–Kier alpha value is -3.38. The van der Waals surface area contributed by atoms with Gasteiger partial charge in [-0.2, -0.15) is 0 Å². The topological polar surface area (TPSA) is 63.7 Å². The Morgan fingerprint density at radius 3 is 2.81 bits per heavy atom. The Balaban J connectivity index is 1.48. The summed E-state index contributed by atoms with van der Waals surface area (Å²) >= 11 is 0. The highest BCUT2D eigenvalue weighted by Gasteiger charge is 2.27.